The number of carboxylic acid groups (broad SMARTS) is 1. The van der Waals surface area contributed by atoms with Crippen molar-refractivity contribution in [1.82, 2.24) is 10.2 Å². The minimum absolute atomic E-state index is 0.106. The molecule has 1 atom stereocenters. The first-order chi connectivity index (χ1) is 10.8. The van der Waals surface area contributed by atoms with Gasteiger partial charge in [-0.15, -0.1) is 0 Å². The fraction of sp³-hybridized carbons (Fsp3) is 0.556. The minimum atomic E-state index is -0.857. The molecule has 0 aliphatic rings. The van der Waals surface area contributed by atoms with E-state index in [4.69, 9.17) is 0 Å². The maximum atomic E-state index is 11.3. The van der Waals surface area contributed by atoms with Crippen molar-refractivity contribution in [3.05, 3.63) is 35.4 Å². The predicted molar refractivity (Wildman–Crippen MR) is 91.2 cm³/mol. The lowest BCUT2D eigenvalue weighted by Crippen LogP contribution is -2.42. The monoisotopic (exact) mass is 320 g/mol. The summed E-state index contributed by atoms with van der Waals surface area (Å²) in [5, 5.41) is 12.0. The van der Waals surface area contributed by atoms with Crippen LogP contribution in [0.25, 0.3) is 0 Å². The summed E-state index contributed by atoms with van der Waals surface area (Å²) in [4.78, 5) is 24.1. The van der Waals surface area contributed by atoms with E-state index in [-0.39, 0.29) is 5.91 Å². The summed E-state index contributed by atoms with van der Waals surface area (Å²) in [6, 6.07) is 7.72. The molecule has 0 fully saturated rings. The Morgan fingerprint density at radius 2 is 1.70 bits per heavy atom. The summed E-state index contributed by atoms with van der Waals surface area (Å²) < 4.78 is 0. The molecule has 0 aliphatic carbocycles. The highest BCUT2D eigenvalue weighted by Crippen LogP contribution is 2.13. The molecular formula is C18H28N2O3. The molecule has 0 heterocycles. The Morgan fingerprint density at radius 1 is 1.13 bits per heavy atom. The van der Waals surface area contributed by atoms with Gasteiger partial charge in [0, 0.05) is 26.6 Å². The van der Waals surface area contributed by atoms with Crippen LogP contribution in [-0.4, -0.2) is 41.0 Å². The Balaban J connectivity index is 2.71. The van der Waals surface area contributed by atoms with Gasteiger partial charge in [0.05, 0.1) is 0 Å². The first kappa shape index (κ1) is 19.2. The highest BCUT2D eigenvalue weighted by atomic mass is 16.4. The molecule has 23 heavy (non-hydrogen) atoms. The van der Waals surface area contributed by atoms with Gasteiger partial charge in [0.25, 0.3) is 0 Å². The highest BCUT2D eigenvalue weighted by molar-refractivity contribution is 5.73. The maximum Gasteiger partial charge on any atom is 0.320 e. The topological polar surface area (TPSA) is 69.6 Å². The second-order valence-corrected chi connectivity index (χ2v) is 6.38. The number of rotatable bonds is 9. The average Bonchev–Trinajstić information content (AvgIpc) is 2.46. The van der Waals surface area contributed by atoms with E-state index in [1.807, 2.05) is 4.90 Å². The molecule has 0 saturated carbocycles. The van der Waals surface area contributed by atoms with E-state index in [9.17, 15) is 14.7 Å². The van der Waals surface area contributed by atoms with Crippen molar-refractivity contribution in [3.63, 3.8) is 0 Å². The number of nitrogens with one attached hydrogen (secondary N) is 1. The molecule has 0 saturated heterocycles. The van der Waals surface area contributed by atoms with Crippen LogP contribution < -0.4 is 5.32 Å². The average molecular weight is 320 g/mol. The Kier molecular flexibility index (Phi) is 7.75. The van der Waals surface area contributed by atoms with Gasteiger partial charge < -0.3 is 10.4 Å². The van der Waals surface area contributed by atoms with E-state index in [0.717, 1.165) is 12.0 Å². The van der Waals surface area contributed by atoms with Crippen LogP contribution in [0.2, 0.25) is 0 Å². The zero-order valence-corrected chi connectivity index (χ0v) is 14.5. The second kappa shape index (κ2) is 9.30. The number of carboxylic acids is 1. The van der Waals surface area contributed by atoms with Crippen LogP contribution in [0.1, 0.15) is 38.8 Å². The molecule has 0 radical (unpaired) electrons. The Labute approximate surface area is 138 Å². The molecule has 1 unspecified atom stereocenters. The van der Waals surface area contributed by atoms with E-state index in [0.29, 0.717) is 25.6 Å². The van der Waals surface area contributed by atoms with E-state index in [1.54, 1.807) is 6.92 Å². The van der Waals surface area contributed by atoms with Gasteiger partial charge in [-0.05, 0) is 30.4 Å². The standard InChI is InChI=1S/C18H28N2O3/c1-13(2)11-16-5-7-17(8-6-16)12-20(14(3)18(22)23)10-9-19-15(4)21/h5-8,13-14H,9-12H2,1-4H3,(H,19,21)(H,22,23). The third-order valence-electron chi connectivity index (χ3n) is 3.73. The molecule has 2 N–H and O–H groups in total. The van der Waals surface area contributed by atoms with Crippen molar-refractivity contribution in [2.75, 3.05) is 13.1 Å². The lowest BCUT2D eigenvalue weighted by molar-refractivity contribution is -0.142. The molecule has 0 aromatic heterocycles. The van der Waals surface area contributed by atoms with Gasteiger partial charge in [-0.25, -0.2) is 0 Å². The van der Waals surface area contributed by atoms with Crippen molar-refractivity contribution < 1.29 is 14.7 Å². The number of benzene rings is 1. The molecule has 128 valence electrons. The van der Waals surface area contributed by atoms with Gasteiger partial charge in [0.2, 0.25) is 5.91 Å². The van der Waals surface area contributed by atoms with Crippen molar-refractivity contribution >= 4 is 11.9 Å². The lowest BCUT2D eigenvalue weighted by Gasteiger charge is -2.26. The van der Waals surface area contributed by atoms with Crippen molar-refractivity contribution in [3.8, 4) is 0 Å². The highest BCUT2D eigenvalue weighted by Gasteiger charge is 2.20. The molecule has 0 spiro atoms. The van der Waals surface area contributed by atoms with Gasteiger partial charge in [-0.2, -0.15) is 0 Å². The van der Waals surface area contributed by atoms with E-state index >= 15 is 0 Å². The lowest BCUT2D eigenvalue weighted by atomic mass is 10.0. The predicted octanol–water partition coefficient (Wildman–Crippen LogP) is 2.30. The van der Waals surface area contributed by atoms with Gasteiger partial charge in [-0.3, -0.25) is 14.5 Å². The van der Waals surface area contributed by atoms with Gasteiger partial charge in [0.1, 0.15) is 6.04 Å². The third-order valence-corrected chi connectivity index (χ3v) is 3.73. The van der Waals surface area contributed by atoms with Crippen LogP contribution in [0.5, 0.6) is 0 Å². The smallest absolute Gasteiger partial charge is 0.320 e. The summed E-state index contributed by atoms with van der Waals surface area (Å²) in [5.74, 6) is -0.350. The van der Waals surface area contributed by atoms with Crippen LogP contribution in [0.4, 0.5) is 0 Å². The number of hydrogen-bond donors (Lipinski definition) is 2. The Morgan fingerprint density at radius 3 is 2.17 bits per heavy atom. The van der Waals surface area contributed by atoms with Crippen LogP contribution >= 0.6 is 0 Å². The second-order valence-electron chi connectivity index (χ2n) is 6.38. The largest absolute Gasteiger partial charge is 0.480 e. The minimum Gasteiger partial charge on any atom is -0.480 e. The molecule has 0 bridgehead atoms. The molecule has 5 nitrogen and oxygen atoms in total. The van der Waals surface area contributed by atoms with E-state index in [2.05, 4.69) is 43.4 Å². The molecular weight excluding hydrogens is 292 g/mol. The van der Waals surface area contributed by atoms with Gasteiger partial charge in [-0.1, -0.05) is 38.1 Å². The first-order valence-corrected chi connectivity index (χ1v) is 8.08. The number of amides is 1. The molecule has 5 heteroatoms. The van der Waals surface area contributed by atoms with Crippen molar-refractivity contribution in [1.29, 1.82) is 0 Å². The van der Waals surface area contributed by atoms with E-state index < -0.39 is 12.0 Å². The van der Waals surface area contributed by atoms with Crippen LogP contribution in [-0.2, 0) is 22.6 Å². The maximum absolute atomic E-state index is 11.3. The van der Waals surface area contributed by atoms with Crippen LogP contribution in [0.3, 0.4) is 0 Å². The number of carbonyl (C=O) groups is 2. The third kappa shape index (κ3) is 7.28. The van der Waals surface area contributed by atoms with Crippen LogP contribution in [0, 0.1) is 5.92 Å². The summed E-state index contributed by atoms with van der Waals surface area (Å²) >= 11 is 0. The fourth-order valence-corrected chi connectivity index (χ4v) is 2.43. The first-order valence-electron chi connectivity index (χ1n) is 8.08. The quantitative estimate of drug-likeness (QED) is 0.732. The molecule has 1 rings (SSSR count). The fourth-order valence-electron chi connectivity index (χ4n) is 2.43. The molecule has 0 aliphatic heterocycles. The summed E-state index contributed by atoms with van der Waals surface area (Å²) in [5.41, 5.74) is 2.37. The van der Waals surface area contributed by atoms with Gasteiger partial charge in [0.15, 0.2) is 0 Å². The Hall–Kier alpha value is -1.88. The molecule has 1 aromatic rings. The van der Waals surface area contributed by atoms with Gasteiger partial charge >= 0.3 is 5.97 Å². The van der Waals surface area contributed by atoms with E-state index in [1.165, 1.54) is 12.5 Å². The SMILES string of the molecule is CC(=O)NCCN(Cc1ccc(CC(C)C)cc1)C(C)C(=O)O. The summed E-state index contributed by atoms with van der Waals surface area (Å²) in [6.45, 7) is 8.99. The Bertz CT molecular complexity index is 512. The van der Waals surface area contributed by atoms with Crippen molar-refractivity contribution in [2.45, 2.75) is 46.7 Å². The molecule has 1 amide bonds. The number of aliphatic carboxylic acids is 1. The normalized spacial score (nSPS) is 12.4. The van der Waals surface area contributed by atoms with Crippen molar-refractivity contribution in [2.24, 2.45) is 5.92 Å². The molecule has 1 aromatic carbocycles. The zero-order valence-electron chi connectivity index (χ0n) is 14.5. The van der Waals surface area contributed by atoms with Crippen LogP contribution in [0.15, 0.2) is 24.3 Å². The number of nitrogens with zero attached hydrogens (tertiary/aromatic N) is 1. The summed E-state index contributed by atoms with van der Waals surface area (Å²) in [6.07, 6.45) is 1.04. The zero-order chi connectivity index (χ0) is 17.4. The number of carbonyl (C=O) groups excluding carboxylic acids is 1. The number of hydrogen-bond acceptors (Lipinski definition) is 3. The summed E-state index contributed by atoms with van der Waals surface area (Å²) in [7, 11) is 0.